The van der Waals surface area contributed by atoms with Gasteiger partial charge in [0, 0.05) is 0 Å². The molecule has 0 saturated carbocycles. The predicted octanol–water partition coefficient (Wildman–Crippen LogP) is 3.21. The van der Waals surface area contributed by atoms with E-state index < -0.39 is 0 Å². The summed E-state index contributed by atoms with van der Waals surface area (Å²) in [4.78, 5) is 0. The molecule has 1 aromatic heterocycles. The third-order valence-electron chi connectivity index (χ3n) is 3.55. The highest BCUT2D eigenvalue weighted by atomic mass is 15.1. The molecule has 1 heterocycles. The zero-order chi connectivity index (χ0) is 11.6. The van der Waals surface area contributed by atoms with Crippen molar-refractivity contribution in [3.05, 3.63) is 18.7 Å². The molecule has 15 heavy (non-hydrogen) atoms. The van der Waals surface area contributed by atoms with Gasteiger partial charge in [-0.15, -0.1) is 0 Å². The summed E-state index contributed by atoms with van der Waals surface area (Å²) in [6.45, 7) is 13.6. The molecule has 0 bridgehead atoms. The lowest BCUT2D eigenvalue weighted by atomic mass is 10.1. The quantitative estimate of drug-likeness (QED) is 0.673. The Morgan fingerprint density at radius 1 is 0.933 bits per heavy atom. The van der Waals surface area contributed by atoms with Crippen LogP contribution in [0.15, 0.2) is 18.7 Å². The van der Waals surface area contributed by atoms with E-state index in [1.807, 2.05) is 0 Å². The van der Waals surface area contributed by atoms with Crippen LogP contribution < -0.4 is 4.57 Å². The number of hydrogen-bond acceptors (Lipinski definition) is 0. The summed E-state index contributed by atoms with van der Waals surface area (Å²) >= 11 is 0. The largest absolute Gasteiger partial charge is 0.244 e. The fourth-order valence-electron chi connectivity index (χ4n) is 1.56. The van der Waals surface area contributed by atoms with Crippen LogP contribution in [-0.4, -0.2) is 4.57 Å². The van der Waals surface area contributed by atoms with Crippen molar-refractivity contribution < 1.29 is 4.57 Å². The van der Waals surface area contributed by atoms with E-state index in [4.69, 9.17) is 0 Å². The molecular formula is C13H25N2+. The second-order valence-electron chi connectivity index (χ2n) is 5.28. The monoisotopic (exact) mass is 209 g/mol. The first-order valence-corrected chi connectivity index (χ1v) is 6.01. The molecule has 0 saturated heterocycles. The Morgan fingerprint density at radius 3 is 2.00 bits per heavy atom. The Hall–Kier alpha value is -0.790. The van der Waals surface area contributed by atoms with Gasteiger partial charge < -0.3 is 0 Å². The highest BCUT2D eigenvalue weighted by Gasteiger charge is 2.19. The second-order valence-corrected chi connectivity index (χ2v) is 5.28. The Balaban J connectivity index is 2.80. The van der Waals surface area contributed by atoms with Gasteiger partial charge in [-0.3, -0.25) is 0 Å². The minimum atomic E-state index is 0.575. The van der Waals surface area contributed by atoms with E-state index >= 15 is 0 Å². The molecule has 0 radical (unpaired) electrons. The summed E-state index contributed by atoms with van der Waals surface area (Å²) in [5.41, 5.74) is 0. The maximum atomic E-state index is 2.31. The van der Waals surface area contributed by atoms with E-state index in [0.29, 0.717) is 23.9 Å². The standard InChI is InChI=1S/C13H25N2/c1-10(2)12(5)14-7-8-15(9-14)13(6)11(3)4/h7-13H,1-6H3/q+1/t12-,13-/m1/s1. The van der Waals surface area contributed by atoms with Gasteiger partial charge in [-0.25, -0.2) is 9.13 Å². The number of rotatable bonds is 4. The molecule has 0 unspecified atom stereocenters. The molecule has 2 nitrogen and oxygen atoms in total. The van der Waals surface area contributed by atoms with Crippen LogP contribution in [-0.2, 0) is 0 Å². The van der Waals surface area contributed by atoms with Crippen molar-refractivity contribution in [2.24, 2.45) is 11.8 Å². The molecule has 0 aromatic carbocycles. The number of imidazole rings is 1. The number of aromatic nitrogens is 2. The Bertz CT molecular complexity index is 271. The van der Waals surface area contributed by atoms with Gasteiger partial charge in [0.25, 0.3) is 0 Å². The predicted molar refractivity (Wildman–Crippen MR) is 63.7 cm³/mol. The van der Waals surface area contributed by atoms with Crippen LogP contribution in [0.1, 0.15) is 53.6 Å². The molecule has 0 amide bonds. The van der Waals surface area contributed by atoms with Crippen molar-refractivity contribution in [2.45, 2.75) is 53.6 Å². The van der Waals surface area contributed by atoms with Crippen molar-refractivity contribution in [3.8, 4) is 0 Å². The Labute approximate surface area is 93.9 Å². The molecule has 0 N–H and O–H groups in total. The molecule has 0 spiro atoms. The van der Waals surface area contributed by atoms with Gasteiger partial charge in [-0.05, 0) is 25.7 Å². The van der Waals surface area contributed by atoms with E-state index in [9.17, 15) is 0 Å². The summed E-state index contributed by atoms with van der Waals surface area (Å²) in [6.07, 6.45) is 6.60. The van der Waals surface area contributed by atoms with E-state index in [1.165, 1.54) is 0 Å². The molecular weight excluding hydrogens is 184 g/mol. The Morgan fingerprint density at radius 2 is 1.53 bits per heavy atom. The zero-order valence-corrected chi connectivity index (χ0v) is 10.9. The summed E-state index contributed by atoms with van der Waals surface area (Å²) in [5, 5.41) is 0. The maximum absolute atomic E-state index is 2.31. The molecule has 0 aliphatic rings. The van der Waals surface area contributed by atoms with Crippen LogP contribution in [0.2, 0.25) is 0 Å². The zero-order valence-electron chi connectivity index (χ0n) is 10.9. The molecule has 0 aliphatic carbocycles. The first-order valence-electron chi connectivity index (χ1n) is 6.01. The third-order valence-corrected chi connectivity index (χ3v) is 3.55. The number of nitrogens with zero attached hydrogens (tertiary/aromatic N) is 2. The van der Waals surface area contributed by atoms with Crippen molar-refractivity contribution in [1.29, 1.82) is 0 Å². The minimum Gasteiger partial charge on any atom is -0.234 e. The average Bonchev–Trinajstić information content (AvgIpc) is 2.63. The van der Waals surface area contributed by atoms with Crippen molar-refractivity contribution in [2.75, 3.05) is 0 Å². The fourth-order valence-corrected chi connectivity index (χ4v) is 1.56. The van der Waals surface area contributed by atoms with Gasteiger partial charge in [0.2, 0.25) is 6.33 Å². The molecule has 86 valence electrons. The van der Waals surface area contributed by atoms with Gasteiger partial charge in [0.15, 0.2) is 0 Å². The van der Waals surface area contributed by atoms with Crippen LogP contribution in [0.4, 0.5) is 0 Å². The van der Waals surface area contributed by atoms with Crippen LogP contribution in [0.3, 0.4) is 0 Å². The SMILES string of the molecule is CC(C)[C@@H](C)n1cc[n+]([C@H](C)C(C)C)c1. The molecule has 2 heteroatoms. The molecule has 0 aliphatic heterocycles. The molecule has 2 atom stereocenters. The lowest BCUT2D eigenvalue weighted by Gasteiger charge is -2.13. The van der Waals surface area contributed by atoms with Crippen LogP contribution in [0, 0.1) is 11.8 Å². The topological polar surface area (TPSA) is 8.81 Å². The first-order chi connectivity index (χ1) is 6.93. The lowest BCUT2D eigenvalue weighted by molar-refractivity contribution is -0.725. The van der Waals surface area contributed by atoms with E-state index in [0.717, 1.165) is 0 Å². The van der Waals surface area contributed by atoms with Gasteiger partial charge >= 0.3 is 0 Å². The molecule has 1 rings (SSSR count). The summed E-state index contributed by atoms with van der Waals surface area (Å²) in [7, 11) is 0. The number of hydrogen-bond donors (Lipinski definition) is 0. The first kappa shape index (κ1) is 12.3. The fraction of sp³-hybridized carbons (Fsp3) is 0.769. The van der Waals surface area contributed by atoms with Crippen LogP contribution in [0.5, 0.6) is 0 Å². The van der Waals surface area contributed by atoms with E-state index in [-0.39, 0.29) is 0 Å². The normalized spacial score (nSPS) is 16.0. The lowest BCUT2D eigenvalue weighted by Crippen LogP contribution is -2.38. The maximum Gasteiger partial charge on any atom is 0.244 e. The molecule has 0 fully saturated rings. The molecule has 1 aromatic rings. The highest BCUT2D eigenvalue weighted by Crippen LogP contribution is 2.16. The summed E-state index contributed by atoms with van der Waals surface area (Å²) in [6, 6.07) is 1.15. The van der Waals surface area contributed by atoms with Crippen molar-refractivity contribution >= 4 is 0 Å². The van der Waals surface area contributed by atoms with Gasteiger partial charge in [-0.1, -0.05) is 27.7 Å². The second kappa shape index (κ2) is 4.82. The Kier molecular flexibility index (Phi) is 3.95. The highest BCUT2D eigenvalue weighted by molar-refractivity contribution is 4.75. The average molecular weight is 209 g/mol. The summed E-state index contributed by atoms with van der Waals surface area (Å²) < 4.78 is 4.62. The van der Waals surface area contributed by atoms with Gasteiger partial charge in [-0.2, -0.15) is 0 Å². The van der Waals surface area contributed by atoms with Gasteiger partial charge in [0.05, 0.1) is 12.1 Å². The smallest absolute Gasteiger partial charge is 0.234 e. The van der Waals surface area contributed by atoms with Gasteiger partial charge in [0.1, 0.15) is 12.4 Å². The minimum absolute atomic E-state index is 0.575. The summed E-state index contributed by atoms with van der Waals surface area (Å²) in [5.74, 6) is 1.36. The van der Waals surface area contributed by atoms with Crippen LogP contribution in [0.25, 0.3) is 0 Å². The third kappa shape index (κ3) is 2.83. The van der Waals surface area contributed by atoms with E-state index in [2.05, 4.69) is 69.4 Å². The van der Waals surface area contributed by atoms with Crippen molar-refractivity contribution in [1.82, 2.24) is 4.57 Å². The van der Waals surface area contributed by atoms with Crippen molar-refractivity contribution in [3.63, 3.8) is 0 Å². The van der Waals surface area contributed by atoms with Crippen LogP contribution >= 0.6 is 0 Å². The van der Waals surface area contributed by atoms with E-state index in [1.54, 1.807) is 0 Å².